The van der Waals surface area contributed by atoms with Gasteiger partial charge < -0.3 is 10.1 Å². The number of hydrogen-bond acceptors (Lipinski definition) is 4. The van der Waals surface area contributed by atoms with E-state index >= 15 is 0 Å². The van der Waals surface area contributed by atoms with Crippen LogP contribution >= 0.6 is 11.3 Å². The molecule has 0 unspecified atom stereocenters. The number of aryl methyl sites for hydroxylation is 2. The van der Waals surface area contributed by atoms with Gasteiger partial charge in [-0.2, -0.15) is 5.10 Å². The summed E-state index contributed by atoms with van der Waals surface area (Å²) in [5.74, 6) is 0. The number of aromatic nitrogens is 2. The van der Waals surface area contributed by atoms with Crippen molar-refractivity contribution in [2.24, 2.45) is 0 Å². The van der Waals surface area contributed by atoms with Crippen LogP contribution in [0.3, 0.4) is 0 Å². The minimum absolute atomic E-state index is 0.00667. The van der Waals surface area contributed by atoms with E-state index in [1.807, 2.05) is 42.1 Å². The molecule has 2 aromatic heterocycles. The highest BCUT2D eigenvalue weighted by molar-refractivity contribution is 7.10. The lowest BCUT2D eigenvalue weighted by Gasteiger charge is -2.18. The molecular weight excluding hydrogens is 262 g/mol. The maximum absolute atomic E-state index is 11.2. The molecule has 2 aromatic rings. The van der Waals surface area contributed by atoms with Crippen LogP contribution in [-0.2, 0) is 4.74 Å². The zero-order chi connectivity index (χ0) is 13.8. The molecule has 1 amide bonds. The molecule has 0 aromatic carbocycles. The van der Waals surface area contributed by atoms with Crippen LogP contribution in [0.15, 0.2) is 23.6 Å². The smallest absolute Gasteiger partial charge is 0.406 e. The molecule has 0 aliphatic carbocycles. The fourth-order valence-electron chi connectivity index (χ4n) is 2.00. The molecule has 0 radical (unpaired) electrons. The van der Waals surface area contributed by atoms with E-state index in [1.54, 1.807) is 11.3 Å². The number of alkyl carbamates (subject to hydrolysis) is 1. The fraction of sp³-hybridized carbons (Fsp3) is 0.385. The highest BCUT2D eigenvalue weighted by Crippen LogP contribution is 2.24. The van der Waals surface area contributed by atoms with Gasteiger partial charge in [0.25, 0.3) is 0 Å². The molecule has 0 saturated heterocycles. The summed E-state index contributed by atoms with van der Waals surface area (Å²) in [6.45, 7) is 4.43. The average molecular weight is 279 g/mol. The molecule has 5 nitrogen and oxygen atoms in total. The van der Waals surface area contributed by atoms with Crippen molar-refractivity contribution < 1.29 is 9.53 Å². The van der Waals surface area contributed by atoms with Crippen molar-refractivity contribution >= 4 is 17.4 Å². The van der Waals surface area contributed by atoms with E-state index in [2.05, 4.69) is 15.2 Å². The first-order valence-corrected chi connectivity index (χ1v) is 6.87. The van der Waals surface area contributed by atoms with E-state index in [1.165, 1.54) is 7.11 Å². The average Bonchev–Trinajstić information content (AvgIpc) is 3.00. The molecule has 1 N–H and O–H groups in total. The summed E-state index contributed by atoms with van der Waals surface area (Å²) in [6, 6.07) is 6.06. The second kappa shape index (κ2) is 5.88. The van der Waals surface area contributed by atoms with Crippen LogP contribution in [0.25, 0.3) is 0 Å². The van der Waals surface area contributed by atoms with Crippen molar-refractivity contribution in [3.05, 3.63) is 39.8 Å². The number of carbonyl (C=O) groups is 1. The van der Waals surface area contributed by atoms with Gasteiger partial charge in [0.15, 0.2) is 0 Å². The molecule has 19 heavy (non-hydrogen) atoms. The van der Waals surface area contributed by atoms with Crippen LogP contribution < -0.4 is 5.32 Å². The van der Waals surface area contributed by atoms with Gasteiger partial charge in [-0.15, -0.1) is 11.3 Å². The van der Waals surface area contributed by atoms with Gasteiger partial charge in [0.05, 0.1) is 12.8 Å². The second-order valence-electron chi connectivity index (χ2n) is 4.28. The molecule has 0 aliphatic rings. The van der Waals surface area contributed by atoms with E-state index in [9.17, 15) is 4.79 Å². The maximum Gasteiger partial charge on any atom is 0.406 e. The van der Waals surface area contributed by atoms with Crippen molar-refractivity contribution in [2.45, 2.75) is 19.9 Å². The van der Waals surface area contributed by atoms with Crippen LogP contribution in [-0.4, -0.2) is 29.5 Å². The molecule has 2 heterocycles. The van der Waals surface area contributed by atoms with Crippen LogP contribution in [0.5, 0.6) is 0 Å². The van der Waals surface area contributed by atoms with E-state index in [0.717, 1.165) is 16.3 Å². The van der Waals surface area contributed by atoms with Crippen molar-refractivity contribution in [3.8, 4) is 0 Å². The molecular formula is C13H17N3O2S. The number of nitrogens with zero attached hydrogens (tertiary/aromatic N) is 2. The zero-order valence-corrected chi connectivity index (χ0v) is 12.0. The second-order valence-corrected chi connectivity index (χ2v) is 5.25. The molecule has 6 heteroatoms. The lowest BCUT2D eigenvalue weighted by molar-refractivity contribution is 0.169. The van der Waals surface area contributed by atoms with Gasteiger partial charge >= 0.3 is 6.09 Å². The standard InChI is InChI=1S/C13H17N3O2S/c1-9-7-10(2)16(15-9)11(8-14-13(17)18-3)12-5-4-6-19-12/h4-7,11H,8H2,1-3H3,(H,14,17)/t11-/m0/s1. The largest absolute Gasteiger partial charge is 0.453 e. The summed E-state index contributed by atoms with van der Waals surface area (Å²) < 4.78 is 6.55. The van der Waals surface area contributed by atoms with Gasteiger partial charge in [0.1, 0.15) is 6.04 Å². The SMILES string of the molecule is COC(=O)NC[C@@H](c1cccs1)n1nc(C)cc1C. The maximum atomic E-state index is 11.2. The Morgan fingerprint density at radius 3 is 2.89 bits per heavy atom. The van der Waals surface area contributed by atoms with Crippen molar-refractivity contribution in [1.82, 2.24) is 15.1 Å². The number of rotatable bonds is 4. The Morgan fingerprint density at radius 1 is 1.58 bits per heavy atom. The lowest BCUT2D eigenvalue weighted by Crippen LogP contribution is -2.31. The first kappa shape index (κ1) is 13.6. The number of amides is 1. The van der Waals surface area contributed by atoms with Crippen molar-refractivity contribution in [2.75, 3.05) is 13.7 Å². The van der Waals surface area contributed by atoms with E-state index < -0.39 is 6.09 Å². The number of nitrogens with one attached hydrogen (secondary N) is 1. The van der Waals surface area contributed by atoms with E-state index in [4.69, 9.17) is 0 Å². The van der Waals surface area contributed by atoms with Gasteiger partial charge in [-0.3, -0.25) is 4.68 Å². The van der Waals surface area contributed by atoms with Gasteiger partial charge in [-0.05, 0) is 31.4 Å². The van der Waals surface area contributed by atoms with E-state index in [0.29, 0.717) is 6.54 Å². The Balaban J connectivity index is 2.24. The highest BCUT2D eigenvalue weighted by atomic mass is 32.1. The quantitative estimate of drug-likeness (QED) is 0.935. The van der Waals surface area contributed by atoms with Gasteiger partial charge in [0.2, 0.25) is 0 Å². The highest BCUT2D eigenvalue weighted by Gasteiger charge is 2.19. The molecule has 0 aliphatic heterocycles. The summed E-state index contributed by atoms with van der Waals surface area (Å²) >= 11 is 1.65. The van der Waals surface area contributed by atoms with Crippen LogP contribution in [0.1, 0.15) is 22.3 Å². The normalized spacial score (nSPS) is 12.2. The third-order valence-corrected chi connectivity index (χ3v) is 3.81. The number of ether oxygens (including phenoxy) is 1. The Hall–Kier alpha value is -1.82. The third-order valence-electron chi connectivity index (χ3n) is 2.84. The molecule has 2 rings (SSSR count). The topological polar surface area (TPSA) is 56.1 Å². The number of methoxy groups -OCH3 is 1. The summed E-state index contributed by atoms with van der Waals surface area (Å²) in [7, 11) is 1.36. The van der Waals surface area contributed by atoms with Crippen molar-refractivity contribution in [3.63, 3.8) is 0 Å². The molecule has 1 atom stereocenters. The predicted octanol–water partition coefficient (Wildman–Crippen LogP) is 2.51. The first-order chi connectivity index (χ1) is 9.11. The zero-order valence-electron chi connectivity index (χ0n) is 11.2. The van der Waals surface area contributed by atoms with Crippen LogP contribution in [0.4, 0.5) is 4.79 Å². The molecule has 0 fully saturated rings. The van der Waals surface area contributed by atoms with Gasteiger partial charge in [-0.1, -0.05) is 6.07 Å². The molecule has 102 valence electrons. The van der Waals surface area contributed by atoms with Crippen LogP contribution in [0, 0.1) is 13.8 Å². The van der Waals surface area contributed by atoms with E-state index in [-0.39, 0.29) is 6.04 Å². The Kier molecular flexibility index (Phi) is 4.21. The predicted molar refractivity (Wildman–Crippen MR) is 74.6 cm³/mol. The monoisotopic (exact) mass is 279 g/mol. The number of thiophene rings is 1. The molecule has 0 bridgehead atoms. The lowest BCUT2D eigenvalue weighted by atomic mass is 10.2. The molecule has 0 saturated carbocycles. The van der Waals surface area contributed by atoms with Crippen molar-refractivity contribution in [1.29, 1.82) is 0 Å². The molecule has 0 spiro atoms. The van der Waals surface area contributed by atoms with Crippen LogP contribution in [0.2, 0.25) is 0 Å². The minimum Gasteiger partial charge on any atom is -0.453 e. The van der Waals surface area contributed by atoms with Gasteiger partial charge in [-0.25, -0.2) is 4.79 Å². The fourth-order valence-corrected chi connectivity index (χ4v) is 2.81. The summed E-state index contributed by atoms with van der Waals surface area (Å²) in [4.78, 5) is 12.4. The minimum atomic E-state index is -0.428. The third kappa shape index (κ3) is 3.14. The van der Waals surface area contributed by atoms with Gasteiger partial charge in [0, 0.05) is 17.1 Å². The first-order valence-electron chi connectivity index (χ1n) is 5.99. The summed E-state index contributed by atoms with van der Waals surface area (Å²) in [6.07, 6.45) is -0.428. The Morgan fingerprint density at radius 2 is 2.37 bits per heavy atom. The Labute approximate surface area is 116 Å². The summed E-state index contributed by atoms with van der Waals surface area (Å²) in [5.41, 5.74) is 2.04. The Bertz CT molecular complexity index is 548. The number of hydrogen-bond donors (Lipinski definition) is 1. The number of carbonyl (C=O) groups excluding carboxylic acids is 1. The summed E-state index contributed by atoms with van der Waals surface area (Å²) in [5, 5.41) is 9.26.